The molecule has 0 fully saturated rings. The van der Waals surface area contributed by atoms with Gasteiger partial charge in [0.15, 0.2) is 0 Å². The van der Waals surface area contributed by atoms with Crippen LogP contribution >= 0.6 is 23.2 Å². The number of para-hydroxylation sites is 1. The fourth-order valence-electron chi connectivity index (χ4n) is 2.41. The molecule has 2 aromatic rings. The van der Waals surface area contributed by atoms with Gasteiger partial charge >= 0.3 is 0 Å². The van der Waals surface area contributed by atoms with Crippen molar-refractivity contribution < 1.29 is 4.39 Å². The maximum atomic E-state index is 13.1. The topological polar surface area (TPSA) is 12.4 Å². The Morgan fingerprint density at radius 3 is 2.50 bits per heavy atom. The molecule has 0 N–H and O–H groups in total. The van der Waals surface area contributed by atoms with Crippen molar-refractivity contribution in [3.8, 4) is 0 Å². The first-order valence-electron chi connectivity index (χ1n) is 6.37. The molecule has 0 amide bonds. The quantitative estimate of drug-likeness (QED) is 0.644. The van der Waals surface area contributed by atoms with E-state index in [1.807, 2.05) is 24.3 Å². The zero-order valence-electron chi connectivity index (χ0n) is 10.6. The number of benzene rings is 2. The van der Waals surface area contributed by atoms with Crippen molar-refractivity contribution in [3.05, 3.63) is 65.5 Å². The minimum Gasteiger partial charge on any atom is -0.239 e. The average Bonchev–Trinajstić information content (AvgIpc) is 2.58. The third-order valence-corrected chi connectivity index (χ3v) is 4.67. The molecule has 1 aliphatic rings. The second-order valence-corrected chi connectivity index (χ2v) is 5.84. The van der Waals surface area contributed by atoms with Gasteiger partial charge in [0.2, 0.25) is 0 Å². The third kappa shape index (κ3) is 2.34. The zero-order valence-corrected chi connectivity index (χ0v) is 12.1. The van der Waals surface area contributed by atoms with E-state index >= 15 is 0 Å². The van der Waals surface area contributed by atoms with Crippen LogP contribution in [0.25, 0.3) is 0 Å². The lowest BCUT2D eigenvalue weighted by atomic mass is 9.93. The minimum absolute atomic E-state index is 0.293. The van der Waals surface area contributed by atoms with E-state index < -0.39 is 4.87 Å². The van der Waals surface area contributed by atoms with Crippen LogP contribution in [0.2, 0.25) is 0 Å². The summed E-state index contributed by atoms with van der Waals surface area (Å²) in [7, 11) is 0. The van der Waals surface area contributed by atoms with Crippen molar-refractivity contribution in [3.63, 3.8) is 0 Å². The molecule has 1 unspecified atom stereocenters. The van der Waals surface area contributed by atoms with Crippen molar-refractivity contribution in [2.45, 2.75) is 17.7 Å². The maximum absolute atomic E-state index is 13.1. The smallest absolute Gasteiger partial charge is 0.132 e. The highest BCUT2D eigenvalue weighted by atomic mass is 35.5. The Hall–Kier alpha value is -1.38. The van der Waals surface area contributed by atoms with Gasteiger partial charge in [-0.15, -0.1) is 11.6 Å². The van der Waals surface area contributed by atoms with Gasteiger partial charge in [-0.3, -0.25) is 0 Å². The number of aliphatic imine (C=N–C) groups is 1. The molecule has 3 rings (SSSR count). The minimum atomic E-state index is -0.895. The summed E-state index contributed by atoms with van der Waals surface area (Å²) in [5.74, 6) is -0.293. The van der Waals surface area contributed by atoms with Crippen molar-refractivity contribution >= 4 is 34.1 Å². The van der Waals surface area contributed by atoms with E-state index in [1.54, 1.807) is 12.1 Å². The molecule has 20 heavy (non-hydrogen) atoms. The number of hydrogen-bond acceptors (Lipinski definition) is 1. The fourth-order valence-corrected chi connectivity index (χ4v) is 2.97. The molecule has 0 saturated carbocycles. The van der Waals surface area contributed by atoms with Crippen molar-refractivity contribution in [2.24, 2.45) is 4.99 Å². The number of fused-ring (bicyclic) bond motifs is 1. The highest BCUT2D eigenvalue weighted by Gasteiger charge is 2.36. The summed E-state index contributed by atoms with van der Waals surface area (Å²) in [4.78, 5) is 3.55. The molecule has 0 radical (unpaired) electrons. The van der Waals surface area contributed by atoms with E-state index in [4.69, 9.17) is 23.2 Å². The number of hydrogen-bond donors (Lipinski definition) is 0. The summed E-state index contributed by atoms with van der Waals surface area (Å²) in [5.41, 5.74) is 2.74. The van der Waals surface area contributed by atoms with Crippen LogP contribution in [0.5, 0.6) is 0 Å². The average molecular weight is 308 g/mol. The molecule has 0 bridgehead atoms. The Morgan fingerprint density at radius 2 is 1.75 bits per heavy atom. The summed E-state index contributed by atoms with van der Waals surface area (Å²) in [5, 5.41) is 0.329. The van der Waals surface area contributed by atoms with E-state index in [0.29, 0.717) is 11.6 Å². The van der Waals surface area contributed by atoms with E-state index in [0.717, 1.165) is 23.2 Å². The van der Waals surface area contributed by atoms with Crippen molar-refractivity contribution in [1.29, 1.82) is 0 Å². The number of nitrogens with zero attached hydrogens (tertiary/aromatic N) is 1. The van der Waals surface area contributed by atoms with Crippen LogP contribution in [0, 0.1) is 5.82 Å². The van der Waals surface area contributed by atoms with Crippen molar-refractivity contribution in [1.82, 2.24) is 0 Å². The zero-order chi connectivity index (χ0) is 14.2. The normalized spacial score (nSPS) is 21.9. The monoisotopic (exact) mass is 307 g/mol. The number of halogens is 3. The van der Waals surface area contributed by atoms with Gasteiger partial charge in [0, 0.05) is 0 Å². The van der Waals surface area contributed by atoms with Gasteiger partial charge in [0.1, 0.15) is 15.9 Å². The summed E-state index contributed by atoms with van der Waals surface area (Å²) in [6.45, 7) is 0. The Balaban J connectivity index is 2.06. The van der Waals surface area contributed by atoms with Crippen LogP contribution in [-0.2, 0) is 11.3 Å². The molecule has 0 saturated heterocycles. The number of alkyl halides is 1. The molecule has 0 aliphatic carbocycles. The van der Waals surface area contributed by atoms with Crippen LogP contribution < -0.4 is 0 Å². The summed E-state index contributed by atoms with van der Waals surface area (Å²) in [6.07, 6.45) is 1.40. The van der Waals surface area contributed by atoms with E-state index in [1.165, 1.54) is 12.1 Å². The summed E-state index contributed by atoms with van der Waals surface area (Å²) in [6, 6.07) is 13.9. The largest absolute Gasteiger partial charge is 0.239 e. The van der Waals surface area contributed by atoms with Gasteiger partial charge in [0.05, 0.1) is 5.69 Å². The first-order chi connectivity index (χ1) is 9.59. The molecule has 1 heterocycles. The molecular weight excluding hydrogens is 296 g/mol. The highest BCUT2D eigenvalue weighted by molar-refractivity contribution is 6.72. The molecule has 0 spiro atoms. The molecule has 1 nitrogen and oxygen atoms in total. The third-order valence-electron chi connectivity index (χ3n) is 3.58. The maximum Gasteiger partial charge on any atom is 0.132 e. The molecule has 0 aromatic heterocycles. The first-order valence-corrected chi connectivity index (χ1v) is 7.13. The molecule has 2 aromatic carbocycles. The Morgan fingerprint density at radius 1 is 1.05 bits per heavy atom. The van der Waals surface area contributed by atoms with Gasteiger partial charge in [-0.05, 0) is 42.2 Å². The summed E-state index contributed by atoms with van der Waals surface area (Å²) >= 11 is 13.1. The van der Waals surface area contributed by atoms with E-state index in [2.05, 4.69) is 4.99 Å². The van der Waals surface area contributed by atoms with Gasteiger partial charge < -0.3 is 0 Å². The lowest BCUT2D eigenvalue weighted by molar-refractivity contribution is 0.624. The lowest BCUT2D eigenvalue weighted by Crippen LogP contribution is -2.26. The van der Waals surface area contributed by atoms with Crippen LogP contribution in [0.3, 0.4) is 0 Å². The van der Waals surface area contributed by atoms with Crippen LogP contribution in [-0.4, -0.2) is 5.17 Å². The van der Waals surface area contributed by atoms with Crippen LogP contribution in [0.1, 0.15) is 17.5 Å². The second-order valence-electron chi connectivity index (χ2n) is 4.84. The van der Waals surface area contributed by atoms with E-state index in [9.17, 15) is 4.39 Å². The molecule has 1 atom stereocenters. The Labute approximate surface area is 127 Å². The Bertz CT molecular complexity index is 666. The number of aryl methyl sites for hydroxylation is 1. The van der Waals surface area contributed by atoms with Gasteiger partial charge in [-0.1, -0.05) is 41.9 Å². The fraction of sp³-hybridized carbons (Fsp3) is 0.188. The molecule has 1 aliphatic heterocycles. The van der Waals surface area contributed by atoms with Gasteiger partial charge in [-0.25, -0.2) is 9.38 Å². The first kappa shape index (κ1) is 13.6. The highest BCUT2D eigenvalue weighted by Crippen LogP contribution is 2.41. The van der Waals surface area contributed by atoms with Gasteiger partial charge in [0.25, 0.3) is 0 Å². The molecule has 4 heteroatoms. The van der Waals surface area contributed by atoms with Gasteiger partial charge in [-0.2, -0.15) is 0 Å². The van der Waals surface area contributed by atoms with E-state index in [-0.39, 0.29) is 5.82 Å². The van der Waals surface area contributed by atoms with Crippen LogP contribution in [0.15, 0.2) is 53.5 Å². The van der Waals surface area contributed by atoms with Crippen LogP contribution in [0.4, 0.5) is 10.1 Å². The predicted octanol–water partition coefficient (Wildman–Crippen LogP) is 5.18. The Kier molecular flexibility index (Phi) is 3.53. The SMILES string of the molecule is Fc1ccc(C2(Cl)CCc3ccccc3N=C2Cl)cc1. The number of rotatable bonds is 1. The second kappa shape index (κ2) is 5.19. The molecule has 102 valence electrons. The summed E-state index contributed by atoms with van der Waals surface area (Å²) < 4.78 is 13.1. The lowest BCUT2D eigenvalue weighted by Gasteiger charge is -2.24. The predicted molar refractivity (Wildman–Crippen MR) is 81.6 cm³/mol. The molecular formula is C16H12Cl2FN. The standard InChI is InChI=1S/C16H12Cl2FN/c17-15-16(18,12-5-7-13(19)8-6-12)10-9-11-3-1-2-4-14(11)20-15/h1-8H,9-10H2. The van der Waals surface area contributed by atoms with Crippen molar-refractivity contribution in [2.75, 3.05) is 0 Å².